The van der Waals surface area contributed by atoms with Crippen LogP contribution in [0.2, 0.25) is 0 Å². The van der Waals surface area contributed by atoms with Gasteiger partial charge < -0.3 is 5.32 Å². The molecule has 2 heterocycles. The number of benzene rings is 1. The normalized spacial score (nSPS) is 17.2. The third-order valence-electron chi connectivity index (χ3n) is 3.29. The van der Waals surface area contributed by atoms with Crippen molar-refractivity contribution in [2.75, 3.05) is 26.2 Å². The first-order valence-electron chi connectivity index (χ1n) is 6.50. The molecule has 0 amide bonds. The van der Waals surface area contributed by atoms with E-state index in [0.717, 1.165) is 5.69 Å². The molecule has 1 fully saturated rings. The highest BCUT2D eigenvalue weighted by molar-refractivity contribution is 7.89. The lowest BCUT2D eigenvalue weighted by Crippen LogP contribution is -2.46. The average molecular weight is 292 g/mol. The van der Waals surface area contributed by atoms with Crippen molar-refractivity contribution in [2.45, 2.75) is 5.03 Å². The highest BCUT2D eigenvalue weighted by Gasteiger charge is 2.29. The van der Waals surface area contributed by atoms with Crippen molar-refractivity contribution in [2.24, 2.45) is 0 Å². The average Bonchev–Trinajstić information content (AvgIpc) is 2.99. The van der Waals surface area contributed by atoms with Crippen LogP contribution >= 0.6 is 0 Å². The fraction of sp³-hybridized carbons (Fsp3) is 0.308. The van der Waals surface area contributed by atoms with Gasteiger partial charge in [0.2, 0.25) is 0 Å². The third-order valence-corrected chi connectivity index (χ3v) is 5.17. The fourth-order valence-electron chi connectivity index (χ4n) is 2.27. The van der Waals surface area contributed by atoms with E-state index in [-0.39, 0.29) is 5.03 Å². The van der Waals surface area contributed by atoms with Crippen LogP contribution in [-0.4, -0.2) is 48.7 Å². The molecule has 106 valence electrons. The molecule has 0 unspecified atom stereocenters. The predicted molar refractivity (Wildman–Crippen MR) is 75.2 cm³/mol. The second kappa shape index (κ2) is 5.35. The van der Waals surface area contributed by atoms with Crippen molar-refractivity contribution >= 4 is 10.0 Å². The summed E-state index contributed by atoms with van der Waals surface area (Å²) in [6.07, 6.45) is 1.52. The van der Waals surface area contributed by atoms with E-state index in [9.17, 15) is 8.42 Å². The summed E-state index contributed by atoms with van der Waals surface area (Å²) in [5.74, 6) is 0. The van der Waals surface area contributed by atoms with E-state index in [1.807, 2.05) is 30.3 Å². The van der Waals surface area contributed by atoms with Crippen LogP contribution in [0.1, 0.15) is 0 Å². The summed E-state index contributed by atoms with van der Waals surface area (Å²) in [6, 6.07) is 10.8. The minimum atomic E-state index is -3.50. The van der Waals surface area contributed by atoms with Gasteiger partial charge in [0.1, 0.15) is 0 Å². The Balaban J connectivity index is 2.01. The van der Waals surface area contributed by atoms with Gasteiger partial charge in [-0.3, -0.25) is 0 Å². The monoisotopic (exact) mass is 292 g/mol. The highest BCUT2D eigenvalue weighted by Crippen LogP contribution is 2.19. The standard InChI is InChI=1S/C13H16N4O2S/c18-20(19,16-10-8-14-9-11-16)13-6-7-15-17(13)12-4-2-1-3-5-12/h1-7,14H,8-11H2. The maximum absolute atomic E-state index is 12.7. The molecule has 1 aromatic heterocycles. The van der Waals surface area contributed by atoms with E-state index in [1.165, 1.54) is 15.2 Å². The van der Waals surface area contributed by atoms with Crippen LogP contribution in [-0.2, 0) is 10.0 Å². The van der Waals surface area contributed by atoms with Gasteiger partial charge in [-0.2, -0.15) is 9.40 Å². The molecule has 1 aliphatic heterocycles. The molecule has 0 atom stereocenters. The number of nitrogens with zero attached hydrogens (tertiary/aromatic N) is 3. The number of para-hydroxylation sites is 1. The van der Waals surface area contributed by atoms with Gasteiger partial charge in [-0.15, -0.1) is 0 Å². The number of sulfonamides is 1. The zero-order valence-electron chi connectivity index (χ0n) is 10.9. The van der Waals surface area contributed by atoms with Crippen LogP contribution in [0, 0.1) is 0 Å². The molecule has 7 heteroatoms. The quantitative estimate of drug-likeness (QED) is 0.893. The summed E-state index contributed by atoms with van der Waals surface area (Å²) in [5, 5.41) is 7.51. The molecule has 1 N–H and O–H groups in total. The Bertz CT molecular complexity index is 675. The van der Waals surface area contributed by atoms with E-state index in [2.05, 4.69) is 10.4 Å². The first-order valence-corrected chi connectivity index (χ1v) is 7.94. The van der Waals surface area contributed by atoms with E-state index in [0.29, 0.717) is 26.2 Å². The molecule has 3 rings (SSSR count). The molecule has 1 aromatic carbocycles. The molecule has 1 aliphatic rings. The topological polar surface area (TPSA) is 67.2 Å². The number of piperazine rings is 1. The number of aromatic nitrogens is 2. The summed E-state index contributed by atoms with van der Waals surface area (Å²) in [6.45, 7) is 2.34. The summed E-state index contributed by atoms with van der Waals surface area (Å²) < 4.78 is 28.3. The molecular weight excluding hydrogens is 276 g/mol. The van der Waals surface area contributed by atoms with Crippen molar-refractivity contribution in [1.29, 1.82) is 0 Å². The molecule has 0 aliphatic carbocycles. The SMILES string of the molecule is O=S(=O)(c1ccnn1-c1ccccc1)N1CCNCC1. The van der Waals surface area contributed by atoms with Crippen LogP contribution in [0.15, 0.2) is 47.6 Å². The second-order valence-electron chi connectivity index (χ2n) is 4.57. The molecule has 20 heavy (non-hydrogen) atoms. The Morgan fingerprint density at radius 2 is 1.75 bits per heavy atom. The minimum absolute atomic E-state index is 0.214. The van der Waals surface area contributed by atoms with Gasteiger partial charge in [0.15, 0.2) is 5.03 Å². The van der Waals surface area contributed by atoms with Crippen molar-refractivity contribution < 1.29 is 8.42 Å². The Hall–Kier alpha value is -1.70. The molecule has 6 nitrogen and oxygen atoms in total. The maximum Gasteiger partial charge on any atom is 0.260 e. The zero-order valence-corrected chi connectivity index (χ0v) is 11.8. The van der Waals surface area contributed by atoms with Crippen molar-refractivity contribution in [3.63, 3.8) is 0 Å². The number of rotatable bonds is 3. The maximum atomic E-state index is 12.7. The summed E-state index contributed by atoms with van der Waals surface area (Å²) in [7, 11) is -3.50. The van der Waals surface area contributed by atoms with E-state index < -0.39 is 10.0 Å². The van der Waals surface area contributed by atoms with Gasteiger partial charge in [0.05, 0.1) is 11.9 Å². The molecule has 0 radical (unpaired) electrons. The smallest absolute Gasteiger partial charge is 0.260 e. The molecule has 2 aromatic rings. The summed E-state index contributed by atoms with van der Waals surface area (Å²) in [5.41, 5.74) is 0.742. The second-order valence-corrected chi connectivity index (χ2v) is 6.46. The van der Waals surface area contributed by atoms with Crippen molar-refractivity contribution in [3.8, 4) is 5.69 Å². The molecule has 0 spiro atoms. The van der Waals surface area contributed by atoms with E-state index in [4.69, 9.17) is 0 Å². The number of hydrogen-bond donors (Lipinski definition) is 1. The van der Waals surface area contributed by atoms with Crippen molar-refractivity contribution in [3.05, 3.63) is 42.6 Å². The molecule has 0 bridgehead atoms. The van der Waals surface area contributed by atoms with Gasteiger partial charge in [0, 0.05) is 26.2 Å². The number of nitrogens with one attached hydrogen (secondary N) is 1. The predicted octanol–water partition coefficient (Wildman–Crippen LogP) is 0.466. The van der Waals surface area contributed by atoms with E-state index in [1.54, 1.807) is 6.07 Å². The largest absolute Gasteiger partial charge is 0.314 e. The lowest BCUT2D eigenvalue weighted by atomic mass is 10.3. The van der Waals surface area contributed by atoms with Gasteiger partial charge in [-0.1, -0.05) is 18.2 Å². The first-order chi connectivity index (χ1) is 9.69. The lowest BCUT2D eigenvalue weighted by molar-refractivity contribution is 0.358. The van der Waals surface area contributed by atoms with Gasteiger partial charge >= 0.3 is 0 Å². The van der Waals surface area contributed by atoms with Crippen LogP contribution < -0.4 is 5.32 Å². The van der Waals surface area contributed by atoms with Crippen molar-refractivity contribution in [1.82, 2.24) is 19.4 Å². The van der Waals surface area contributed by atoms with E-state index >= 15 is 0 Å². The van der Waals surface area contributed by atoms with Crippen LogP contribution in [0.4, 0.5) is 0 Å². The Morgan fingerprint density at radius 1 is 1.05 bits per heavy atom. The Kier molecular flexibility index (Phi) is 3.56. The van der Waals surface area contributed by atoms with Gasteiger partial charge in [-0.05, 0) is 18.2 Å². The highest BCUT2D eigenvalue weighted by atomic mass is 32.2. The molecule has 1 saturated heterocycles. The Labute approximate surface area is 118 Å². The Morgan fingerprint density at radius 3 is 2.45 bits per heavy atom. The van der Waals surface area contributed by atoms with Crippen LogP contribution in [0.5, 0.6) is 0 Å². The van der Waals surface area contributed by atoms with Gasteiger partial charge in [-0.25, -0.2) is 13.1 Å². The number of hydrogen-bond acceptors (Lipinski definition) is 4. The summed E-state index contributed by atoms with van der Waals surface area (Å²) in [4.78, 5) is 0. The minimum Gasteiger partial charge on any atom is -0.314 e. The fourth-order valence-corrected chi connectivity index (χ4v) is 3.80. The molecule has 0 saturated carbocycles. The zero-order chi connectivity index (χ0) is 14.0. The lowest BCUT2D eigenvalue weighted by Gasteiger charge is -2.26. The first kappa shape index (κ1) is 13.3. The molecular formula is C13H16N4O2S. The summed E-state index contributed by atoms with van der Waals surface area (Å²) >= 11 is 0. The van der Waals surface area contributed by atoms with Crippen LogP contribution in [0.25, 0.3) is 5.69 Å². The van der Waals surface area contributed by atoms with Gasteiger partial charge in [0.25, 0.3) is 10.0 Å². The van der Waals surface area contributed by atoms with Crippen LogP contribution in [0.3, 0.4) is 0 Å². The third kappa shape index (κ3) is 2.35.